The zero-order valence-electron chi connectivity index (χ0n) is 10.0. The van der Waals surface area contributed by atoms with Crippen LogP contribution in [0.5, 0.6) is 11.5 Å². The zero-order chi connectivity index (χ0) is 13.6. The molecule has 0 bridgehead atoms. The van der Waals surface area contributed by atoms with Crippen LogP contribution in [-0.4, -0.2) is 11.7 Å². The van der Waals surface area contributed by atoms with Gasteiger partial charge >= 0.3 is 0 Å². The number of aromatic hydroxyl groups is 1. The summed E-state index contributed by atoms with van der Waals surface area (Å²) >= 11 is 0.979. The Morgan fingerprint density at radius 3 is 2.37 bits per heavy atom. The topological polar surface area (TPSA) is 29.5 Å². The average Bonchev–Trinajstić information content (AvgIpc) is 2.78. The van der Waals surface area contributed by atoms with Gasteiger partial charge in [0.1, 0.15) is 0 Å². The molecule has 0 fully saturated rings. The Kier molecular flexibility index (Phi) is 2.78. The summed E-state index contributed by atoms with van der Waals surface area (Å²) in [6, 6.07) is 6.11. The number of hydrogen-bond donors (Lipinski definition) is 1. The van der Waals surface area contributed by atoms with Crippen molar-refractivity contribution in [1.82, 2.24) is 0 Å². The first kappa shape index (κ1) is 12.2. The van der Waals surface area contributed by atoms with Gasteiger partial charge < -0.3 is 9.84 Å². The van der Waals surface area contributed by atoms with Crippen LogP contribution < -0.4 is 4.74 Å². The molecule has 0 unspecified atom stereocenters. The molecule has 2 aromatic carbocycles. The summed E-state index contributed by atoms with van der Waals surface area (Å²) in [6.45, 7) is 2.13. The van der Waals surface area contributed by atoms with E-state index >= 15 is 0 Å². The second-order valence-corrected chi connectivity index (χ2v) is 5.09. The van der Waals surface area contributed by atoms with E-state index in [0.29, 0.717) is 22.1 Å². The van der Waals surface area contributed by atoms with Crippen LogP contribution in [0.4, 0.5) is 8.78 Å². The molecule has 0 saturated carbocycles. The lowest BCUT2D eigenvalue weighted by Crippen LogP contribution is -1.93. The molecular formula is C14H10F2O2S. The van der Waals surface area contributed by atoms with Crippen LogP contribution in [-0.2, 0) is 0 Å². The summed E-state index contributed by atoms with van der Waals surface area (Å²) in [5.41, 5.74) is 0. The fourth-order valence-electron chi connectivity index (χ4n) is 2.08. The summed E-state index contributed by atoms with van der Waals surface area (Å²) in [4.78, 5) is 0. The number of thiophene rings is 1. The average molecular weight is 280 g/mol. The first-order chi connectivity index (χ1) is 9.13. The first-order valence-electron chi connectivity index (χ1n) is 5.78. The number of hydrogen-bond acceptors (Lipinski definition) is 3. The van der Waals surface area contributed by atoms with Crippen LogP contribution in [0.15, 0.2) is 24.3 Å². The van der Waals surface area contributed by atoms with Crippen LogP contribution in [0.2, 0.25) is 0 Å². The molecule has 2 nitrogen and oxygen atoms in total. The Morgan fingerprint density at radius 1 is 1.05 bits per heavy atom. The van der Waals surface area contributed by atoms with Crippen LogP contribution in [0.25, 0.3) is 20.2 Å². The van der Waals surface area contributed by atoms with E-state index in [0.717, 1.165) is 11.3 Å². The molecule has 1 aromatic heterocycles. The molecule has 0 aliphatic heterocycles. The Morgan fingerprint density at radius 2 is 1.68 bits per heavy atom. The fraction of sp³-hybridized carbons (Fsp3) is 0.143. The van der Waals surface area contributed by atoms with Crippen molar-refractivity contribution in [3.05, 3.63) is 35.9 Å². The van der Waals surface area contributed by atoms with Gasteiger partial charge in [-0.2, -0.15) is 0 Å². The Bertz CT molecular complexity index is 780. The number of ether oxygens (including phenoxy) is 1. The van der Waals surface area contributed by atoms with Gasteiger partial charge in [-0.1, -0.05) is 0 Å². The highest BCUT2D eigenvalue weighted by Gasteiger charge is 2.17. The first-order valence-corrected chi connectivity index (χ1v) is 6.60. The molecule has 0 aliphatic rings. The second kappa shape index (κ2) is 4.35. The van der Waals surface area contributed by atoms with Gasteiger partial charge in [-0.25, -0.2) is 8.78 Å². The van der Waals surface area contributed by atoms with Crippen LogP contribution in [0.3, 0.4) is 0 Å². The number of fused-ring (bicyclic) bond motifs is 3. The van der Waals surface area contributed by atoms with E-state index < -0.39 is 17.4 Å². The van der Waals surface area contributed by atoms with Crippen molar-refractivity contribution < 1.29 is 18.6 Å². The molecule has 3 aromatic rings. The molecular weight excluding hydrogens is 270 g/mol. The lowest BCUT2D eigenvalue weighted by molar-refractivity contribution is 0.323. The summed E-state index contributed by atoms with van der Waals surface area (Å²) in [6.07, 6.45) is 0. The monoisotopic (exact) mass is 280 g/mol. The van der Waals surface area contributed by atoms with Gasteiger partial charge in [-0.05, 0) is 31.2 Å². The van der Waals surface area contributed by atoms with Crippen LogP contribution >= 0.6 is 11.3 Å². The fourth-order valence-corrected chi connectivity index (χ4v) is 3.24. The highest BCUT2D eigenvalue weighted by atomic mass is 32.1. The minimum atomic E-state index is -0.712. The number of phenols is 1. The number of rotatable bonds is 2. The van der Waals surface area contributed by atoms with Gasteiger partial charge in [0.2, 0.25) is 0 Å². The lowest BCUT2D eigenvalue weighted by Gasteiger charge is -2.04. The molecule has 98 valence electrons. The summed E-state index contributed by atoms with van der Waals surface area (Å²) in [5, 5.41) is 10.6. The minimum Gasteiger partial charge on any atom is -0.505 e. The minimum absolute atomic E-state index is 0.159. The smallest absolute Gasteiger partial charge is 0.182 e. The second-order valence-electron chi connectivity index (χ2n) is 4.06. The molecule has 0 saturated heterocycles. The van der Waals surface area contributed by atoms with E-state index in [1.807, 2.05) is 0 Å². The van der Waals surface area contributed by atoms with E-state index in [1.54, 1.807) is 19.1 Å². The van der Waals surface area contributed by atoms with Crippen molar-refractivity contribution in [1.29, 1.82) is 0 Å². The molecule has 19 heavy (non-hydrogen) atoms. The van der Waals surface area contributed by atoms with Crippen molar-refractivity contribution in [2.75, 3.05) is 6.61 Å². The van der Waals surface area contributed by atoms with Crippen molar-refractivity contribution >= 4 is 31.5 Å². The molecule has 3 rings (SSSR count). The SMILES string of the molecule is CCOc1ccc2c(sc3c(F)c(O)ccc32)c1F. The third-order valence-electron chi connectivity index (χ3n) is 2.93. The highest BCUT2D eigenvalue weighted by Crippen LogP contribution is 2.41. The van der Waals surface area contributed by atoms with Gasteiger partial charge in [0.15, 0.2) is 23.1 Å². The molecule has 0 amide bonds. The van der Waals surface area contributed by atoms with E-state index in [9.17, 15) is 13.9 Å². The third-order valence-corrected chi connectivity index (χ3v) is 4.14. The van der Waals surface area contributed by atoms with E-state index in [4.69, 9.17) is 4.74 Å². The predicted molar refractivity (Wildman–Crippen MR) is 72.1 cm³/mol. The molecule has 0 radical (unpaired) electrons. The van der Waals surface area contributed by atoms with Crippen molar-refractivity contribution in [3.63, 3.8) is 0 Å². The largest absolute Gasteiger partial charge is 0.505 e. The van der Waals surface area contributed by atoms with Gasteiger partial charge in [0, 0.05) is 10.8 Å². The van der Waals surface area contributed by atoms with Crippen molar-refractivity contribution in [2.45, 2.75) is 6.92 Å². The number of benzene rings is 2. The van der Waals surface area contributed by atoms with Gasteiger partial charge in [0.25, 0.3) is 0 Å². The zero-order valence-corrected chi connectivity index (χ0v) is 10.9. The molecule has 5 heteroatoms. The van der Waals surface area contributed by atoms with Gasteiger partial charge in [-0.15, -0.1) is 11.3 Å². The highest BCUT2D eigenvalue weighted by molar-refractivity contribution is 7.25. The van der Waals surface area contributed by atoms with Gasteiger partial charge in [-0.3, -0.25) is 0 Å². The summed E-state index contributed by atoms with van der Waals surface area (Å²) in [7, 11) is 0. The van der Waals surface area contributed by atoms with Crippen LogP contribution in [0.1, 0.15) is 6.92 Å². The maximum Gasteiger partial charge on any atom is 0.182 e. The standard InChI is InChI=1S/C14H10F2O2S/c1-2-18-10-6-4-8-7-3-5-9(17)11(15)13(7)19-14(8)12(10)16/h3-6,17H,2H2,1H3. The van der Waals surface area contributed by atoms with E-state index in [-0.39, 0.29) is 10.4 Å². The molecule has 1 N–H and O–H groups in total. The van der Waals surface area contributed by atoms with E-state index in [1.165, 1.54) is 12.1 Å². The maximum absolute atomic E-state index is 14.2. The Hall–Kier alpha value is -1.88. The normalized spacial score (nSPS) is 11.3. The molecule has 0 aliphatic carbocycles. The van der Waals surface area contributed by atoms with Crippen LogP contribution in [0, 0.1) is 11.6 Å². The van der Waals surface area contributed by atoms with Crippen molar-refractivity contribution in [3.8, 4) is 11.5 Å². The van der Waals surface area contributed by atoms with E-state index in [2.05, 4.69) is 0 Å². The molecule has 0 atom stereocenters. The molecule has 0 spiro atoms. The predicted octanol–water partition coefficient (Wildman–Crippen LogP) is 4.44. The lowest BCUT2D eigenvalue weighted by atomic mass is 10.1. The molecule has 1 heterocycles. The number of halogens is 2. The quantitative estimate of drug-likeness (QED) is 0.752. The summed E-state index contributed by atoms with van der Waals surface area (Å²) in [5.74, 6) is -1.47. The Labute approximate surface area is 111 Å². The third kappa shape index (κ3) is 1.73. The number of phenolic OH excluding ortho intramolecular Hbond substituents is 1. The van der Waals surface area contributed by atoms with Gasteiger partial charge in [0.05, 0.1) is 16.0 Å². The Balaban J connectivity index is 2.39. The maximum atomic E-state index is 14.2. The summed E-state index contributed by atoms with van der Waals surface area (Å²) < 4.78 is 33.8. The van der Waals surface area contributed by atoms with Crippen molar-refractivity contribution in [2.24, 2.45) is 0 Å².